The number of hydrogen-bond donors (Lipinski definition) is 0. The van der Waals surface area contributed by atoms with E-state index in [1.807, 2.05) is 0 Å². The monoisotopic (exact) mass is 276 g/mol. The molecule has 0 amide bonds. The molecule has 0 radical (unpaired) electrons. The van der Waals surface area contributed by atoms with Crippen LogP contribution < -0.4 is 0 Å². The Bertz CT molecular complexity index is 251. The highest BCUT2D eigenvalue weighted by Gasteiger charge is 2.51. The fraction of sp³-hybridized carbons (Fsp3) is 0.923. The molecule has 18 heavy (non-hydrogen) atoms. The minimum Gasteiger partial charge on any atom is -0.199 e. The quantitative estimate of drug-likeness (QED) is 0.420. The summed E-state index contributed by atoms with van der Waals surface area (Å²) in [6, 6.07) is 1.04. The van der Waals surface area contributed by atoms with Crippen molar-refractivity contribution in [2.24, 2.45) is 0 Å². The van der Waals surface area contributed by atoms with Gasteiger partial charge in [0.2, 0.25) is 0 Å². The highest BCUT2D eigenvalue weighted by molar-refractivity contribution is 7.82. The lowest BCUT2D eigenvalue weighted by Crippen LogP contribution is -2.41. The Balaban J connectivity index is 5.79. The lowest BCUT2D eigenvalue weighted by molar-refractivity contribution is -0.581. The van der Waals surface area contributed by atoms with E-state index in [0.29, 0.717) is 12.1 Å². The molecule has 0 aliphatic carbocycles. The van der Waals surface area contributed by atoms with Gasteiger partial charge >= 0.3 is 13.7 Å². The Kier molecular flexibility index (Phi) is 6.94. The van der Waals surface area contributed by atoms with Crippen LogP contribution in [0.2, 0.25) is 0 Å². The van der Waals surface area contributed by atoms with Crippen LogP contribution in [0.25, 0.3) is 0 Å². The molecule has 5 heteroatoms. The molecular formula is C13H33N4P+2. The summed E-state index contributed by atoms with van der Waals surface area (Å²) in [5.41, 5.74) is 0. The van der Waals surface area contributed by atoms with Crippen molar-refractivity contribution in [2.75, 3.05) is 42.3 Å². The van der Waals surface area contributed by atoms with Gasteiger partial charge in [-0.05, 0) is 27.7 Å². The van der Waals surface area contributed by atoms with Crippen LogP contribution in [-0.4, -0.2) is 78.9 Å². The molecule has 0 rings (SSSR count). The Morgan fingerprint density at radius 1 is 0.722 bits per heavy atom. The highest BCUT2D eigenvalue weighted by Crippen LogP contribution is 2.61. The third-order valence-electron chi connectivity index (χ3n) is 3.25. The van der Waals surface area contributed by atoms with E-state index in [0.717, 1.165) is 0 Å². The number of hydrogen-bond acceptors (Lipinski definition) is 3. The smallest absolute Gasteiger partial charge is 0.199 e. The van der Waals surface area contributed by atoms with Crippen molar-refractivity contribution in [2.45, 2.75) is 39.8 Å². The summed E-state index contributed by atoms with van der Waals surface area (Å²) in [5.74, 6) is 2.45. The highest BCUT2D eigenvalue weighted by atomic mass is 31.2. The molecule has 0 heterocycles. The van der Waals surface area contributed by atoms with E-state index >= 15 is 0 Å². The molecule has 108 valence electrons. The predicted octanol–water partition coefficient (Wildman–Crippen LogP) is 2.29. The Hall–Kier alpha value is -0.0200. The fourth-order valence-electron chi connectivity index (χ4n) is 2.42. The summed E-state index contributed by atoms with van der Waals surface area (Å²) in [7, 11) is 11.4. The van der Waals surface area contributed by atoms with Crippen LogP contribution in [-0.2, 0) is 0 Å². The van der Waals surface area contributed by atoms with Crippen molar-refractivity contribution < 1.29 is 4.58 Å². The lowest BCUT2D eigenvalue weighted by Gasteiger charge is -2.35. The van der Waals surface area contributed by atoms with Crippen molar-refractivity contribution in [1.29, 1.82) is 0 Å². The lowest BCUT2D eigenvalue weighted by atomic mass is 10.3. The van der Waals surface area contributed by atoms with Crippen LogP contribution in [0.5, 0.6) is 0 Å². The van der Waals surface area contributed by atoms with E-state index in [2.05, 4.69) is 94.5 Å². The molecule has 0 fully saturated rings. The van der Waals surface area contributed by atoms with Crippen LogP contribution in [0.3, 0.4) is 0 Å². The molecule has 0 N–H and O–H groups in total. The second-order valence-electron chi connectivity index (χ2n) is 5.91. The van der Waals surface area contributed by atoms with Gasteiger partial charge in [-0.3, -0.25) is 0 Å². The first-order chi connectivity index (χ1) is 8.07. The molecule has 4 nitrogen and oxygen atoms in total. The fourth-order valence-corrected chi connectivity index (χ4v) is 6.08. The maximum atomic E-state index is 2.47. The SMILES string of the molecule is CC(C)[N+](=C[P+](N(C)C)(N(C)C)N(C)C)C(C)C. The second-order valence-corrected chi connectivity index (χ2v) is 9.77. The average molecular weight is 276 g/mol. The minimum absolute atomic E-state index is 0.518. The molecule has 0 unspecified atom stereocenters. The van der Waals surface area contributed by atoms with Gasteiger partial charge in [0.25, 0.3) is 0 Å². The summed E-state index contributed by atoms with van der Waals surface area (Å²) < 4.78 is 9.52. The Morgan fingerprint density at radius 2 is 1.00 bits per heavy atom. The van der Waals surface area contributed by atoms with E-state index in [9.17, 15) is 0 Å². The maximum absolute atomic E-state index is 2.47. The molecule has 0 bridgehead atoms. The molecule has 0 spiro atoms. The van der Waals surface area contributed by atoms with E-state index in [-0.39, 0.29) is 0 Å². The molecule has 0 saturated carbocycles. The summed E-state index contributed by atoms with van der Waals surface area (Å²) in [6.07, 6.45) is 0. The van der Waals surface area contributed by atoms with Gasteiger partial charge in [0, 0.05) is 42.3 Å². The van der Waals surface area contributed by atoms with E-state index in [4.69, 9.17) is 0 Å². The molecule has 0 aliphatic rings. The molecule has 0 aliphatic heterocycles. The standard InChI is InChI=1S/C13H33N4P/c1-12(2)17(13(3)4)11-18(14(5)6,15(7)8)16(9)10/h11-13H,1-10H3/q+2. The van der Waals surface area contributed by atoms with Gasteiger partial charge in [-0.2, -0.15) is 4.58 Å². The molecule has 0 saturated heterocycles. The second kappa shape index (κ2) is 6.95. The Morgan fingerprint density at radius 3 is 1.17 bits per heavy atom. The van der Waals surface area contributed by atoms with Crippen LogP contribution >= 0.6 is 7.71 Å². The van der Waals surface area contributed by atoms with Crippen molar-refractivity contribution in [3.63, 3.8) is 0 Å². The zero-order valence-electron chi connectivity index (χ0n) is 14.0. The largest absolute Gasteiger partial charge is 0.331 e. The van der Waals surface area contributed by atoms with E-state index < -0.39 is 7.71 Å². The minimum atomic E-state index is -1.57. The zero-order chi connectivity index (χ0) is 14.7. The first-order valence-electron chi connectivity index (χ1n) is 6.63. The molecule has 0 aromatic carbocycles. The van der Waals surface area contributed by atoms with Crippen molar-refractivity contribution in [1.82, 2.24) is 14.0 Å². The summed E-state index contributed by atoms with van der Waals surface area (Å²) >= 11 is 0. The van der Waals surface area contributed by atoms with Gasteiger partial charge < -0.3 is 0 Å². The average Bonchev–Trinajstić information content (AvgIpc) is 2.15. The third-order valence-corrected chi connectivity index (χ3v) is 7.36. The first kappa shape index (κ1) is 18.0. The molecular weight excluding hydrogens is 243 g/mol. The summed E-state index contributed by atoms with van der Waals surface area (Å²) in [6.45, 7) is 9.02. The van der Waals surface area contributed by atoms with Gasteiger partial charge in [0.1, 0.15) is 0 Å². The van der Waals surface area contributed by atoms with E-state index in [1.54, 1.807) is 0 Å². The van der Waals surface area contributed by atoms with E-state index in [1.165, 1.54) is 0 Å². The molecule has 0 atom stereocenters. The van der Waals surface area contributed by atoms with Crippen molar-refractivity contribution in [3.8, 4) is 0 Å². The van der Waals surface area contributed by atoms with Gasteiger partial charge in [-0.15, -0.1) is 14.0 Å². The van der Waals surface area contributed by atoms with Crippen LogP contribution in [0.15, 0.2) is 0 Å². The number of nitrogens with zero attached hydrogens (tertiary/aromatic N) is 4. The third kappa shape index (κ3) is 3.74. The van der Waals surface area contributed by atoms with Crippen LogP contribution in [0.4, 0.5) is 0 Å². The zero-order valence-corrected chi connectivity index (χ0v) is 14.9. The van der Waals surface area contributed by atoms with Gasteiger partial charge in [-0.25, -0.2) is 0 Å². The first-order valence-corrected chi connectivity index (χ1v) is 8.34. The van der Waals surface area contributed by atoms with Gasteiger partial charge in [0.05, 0.1) is 0 Å². The Labute approximate surface area is 115 Å². The molecule has 0 aromatic rings. The summed E-state index contributed by atoms with van der Waals surface area (Å²) in [4.78, 5) is 0. The van der Waals surface area contributed by atoms with Crippen molar-refractivity contribution >= 4 is 13.7 Å². The topological polar surface area (TPSA) is 12.7 Å². The summed E-state index contributed by atoms with van der Waals surface area (Å²) in [5, 5.41) is 0. The maximum Gasteiger partial charge on any atom is 0.331 e. The van der Waals surface area contributed by atoms with Crippen molar-refractivity contribution in [3.05, 3.63) is 0 Å². The van der Waals surface area contributed by atoms with Gasteiger partial charge in [-0.1, -0.05) is 0 Å². The van der Waals surface area contributed by atoms with Crippen LogP contribution in [0, 0.1) is 0 Å². The number of rotatable bonds is 6. The normalized spacial score (nSPS) is 13.3. The molecule has 0 aromatic heterocycles. The van der Waals surface area contributed by atoms with Crippen LogP contribution in [0.1, 0.15) is 27.7 Å². The van der Waals surface area contributed by atoms with Gasteiger partial charge in [0.15, 0.2) is 12.1 Å². The predicted molar refractivity (Wildman–Crippen MR) is 84.6 cm³/mol.